The number of para-hydroxylation sites is 1. The van der Waals surface area contributed by atoms with Crippen molar-refractivity contribution < 1.29 is 18.7 Å². The fraction of sp³-hybridized carbons (Fsp3) is 0.222. The van der Waals surface area contributed by atoms with Crippen LogP contribution < -0.4 is 16.0 Å². The van der Waals surface area contributed by atoms with Crippen LogP contribution in [0.2, 0.25) is 0 Å². The summed E-state index contributed by atoms with van der Waals surface area (Å²) in [6.07, 6.45) is 5.40. The molecule has 0 radical (unpaired) electrons. The molecule has 0 bridgehead atoms. The first-order valence-electron chi connectivity index (χ1n) is 11.8. The Morgan fingerprint density at radius 1 is 1.24 bits per heavy atom. The number of anilines is 1. The molecule has 0 aliphatic carbocycles. The van der Waals surface area contributed by atoms with E-state index in [0.717, 1.165) is 0 Å². The molecule has 2 aromatic carbocycles. The van der Waals surface area contributed by atoms with E-state index in [9.17, 15) is 14.0 Å². The minimum Gasteiger partial charge on any atom is -0.454 e. The molecule has 0 saturated carbocycles. The average Bonchev–Trinajstić information content (AvgIpc) is 3.49. The van der Waals surface area contributed by atoms with E-state index in [4.69, 9.17) is 15.2 Å². The van der Waals surface area contributed by atoms with Crippen molar-refractivity contribution in [3.05, 3.63) is 88.6 Å². The fourth-order valence-corrected chi connectivity index (χ4v) is 4.75. The Balaban J connectivity index is 1.48. The van der Waals surface area contributed by atoms with Crippen molar-refractivity contribution in [2.45, 2.75) is 12.3 Å². The number of fused-ring (bicyclic) bond motifs is 1. The number of nitrogens with zero attached hydrogens (tertiary/aromatic N) is 3. The van der Waals surface area contributed by atoms with Crippen LogP contribution in [0.5, 0.6) is 11.5 Å². The number of nitrogens with two attached hydrogens (primary N) is 1. The number of rotatable bonds is 7. The highest BCUT2D eigenvalue weighted by molar-refractivity contribution is 5.91. The third kappa shape index (κ3) is 4.70. The predicted molar refractivity (Wildman–Crippen MR) is 138 cm³/mol. The first-order valence-corrected chi connectivity index (χ1v) is 11.8. The Labute approximate surface area is 211 Å². The number of methoxy groups -OCH3 is 1. The van der Waals surface area contributed by atoms with Crippen molar-refractivity contribution in [2.24, 2.45) is 0 Å². The van der Waals surface area contributed by atoms with E-state index in [-0.39, 0.29) is 23.1 Å². The van der Waals surface area contributed by atoms with Gasteiger partial charge < -0.3 is 20.1 Å². The number of benzene rings is 2. The summed E-state index contributed by atoms with van der Waals surface area (Å²) in [4.78, 5) is 27.2. The molecule has 2 aromatic heterocycles. The van der Waals surface area contributed by atoms with Crippen LogP contribution in [-0.2, 0) is 9.53 Å². The maximum Gasteiger partial charge on any atom is 0.273 e. The molecule has 5 rings (SSSR count). The highest BCUT2D eigenvalue weighted by Crippen LogP contribution is 2.39. The molecule has 3 heterocycles. The average molecular weight is 504 g/mol. The lowest BCUT2D eigenvalue weighted by molar-refractivity contribution is -0.125. The number of hydrogen-bond donors (Lipinski definition) is 2. The molecule has 1 fully saturated rings. The second kappa shape index (κ2) is 10.3. The van der Waals surface area contributed by atoms with Gasteiger partial charge in [0.2, 0.25) is 5.91 Å². The van der Waals surface area contributed by atoms with Gasteiger partial charge in [0.15, 0.2) is 11.6 Å². The van der Waals surface area contributed by atoms with E-state index in [1.807, 2.05) is 0 Å². The number of nitrogen functional groups attached to an aromatic ring is 1. The van der Waals surface area contributed by atoms with Gasteiger partial charge >= 0.3 is 0 Å². The number of halogens is 1. The second-order valence-electron chi connectivity index (χ2n) is 8.75. The smallest absolute Gasteiger partial charge is 0.273 e. The molecule has 1 saturated heterocycles. The summed E-state index contributed by atoms with van der Waals surface area (Å²) in [6.45, 7) is 1.35. The van der Waals surface area contributed by atoms with Gasteiger partial charge in [0.05, 0.1) is 23.7 Å². The molecule has 1 amide bonds. The number of carbonyl (C=O) groups is 1. The summed E-state index contributed by atoms with van der Waals surface area (Å²) in [5.74, 6) is 0.299. The Morgan fingerprint density at radius 3 is 2.78 bits per heavy atom. The number of carbonyl (C=O) groups excluding carboxylic acids is 1. The topological polar surface area (TPSA) is 115 Å². The highest BCUT2D eigenvalue weighted by atomic mass is 19.1. The van der Waals surface area contributed by atoms with Crippen LogP contribution in [0.4, 0.5) is 10.2 Å². The molecule has 37 heavy (non-hydrogen) atoms. The third-order valence-corrected chi connectivity index (χ3v) is 6.45. The number of ether oxygens (including phenoxy) is 2. The van der Waals surface area contributed by atoms with Crippen molar-refractivity contribution in [1.29, 1.82) is 0 Å². The third-order valence-electron chi connectivity index (χ3n) is 6.45. The highest BCUT2D eigenvalue weighted by Gasteiger charge is 2.32. The maximum absolute atomic E-state index is 14.0. The first-order chi connectivity index (χ1) is 18.0. The van der Waals surface area contributed by atoms with Crippen molar-refractivity contribution in [3.8, 4) is 17.2 Å². The molecule has 3 N–H and O–H groups in total. The summed E-state index contributed by atoms with van der Waals surface area (Å²) in [5.41, 5.74) is 8.27. The lowest BCUT2D eigenvalue weighted by Gasteiger charge is -2.15. The standard InChI is InChI=1S/C27H26FN5O4/c1-36-14-4-7-23(34)32-13-12-17(16-32)24-25-21(15-30-31-27(25)35)33(26(24)29)18-8-10-19(11-9-18)37-22-6-3-2-5-20(22)28/h2-11,15,17H,12-14,16,29H2,1H3,(H,31,35)/b7-4+/t17-/m1/s1. The Morgan fingerprint density at radius 2 is 2.03 bits per heavy atom. The Bertz CT molecular complexity index is 1530. The van der Waals surface area contributed by atoms with E-state index in [1.165, 1.54) is 12.1 Å². The molecular formula is C27H26FN5O4. The second-order valence-corrected chi connectivity index (χ2v) is 8.75. The van der Waals surface area contributed by atoms with Crippen LogP contribution in [0, 0.1) is 5.82 Å². The number of likely N-dealkylation sites (tertiary alicyclic amines) is 1. The monoisotopic (exact) mass is 503 g/mol. The molecule has 0 unspecified atom stereocenters. The van der Waals surface area contributed by atoms with Gasteiger partial charge in [-0.1, -0.05) is 18.2 Å². The molecular weight excluding hydrogens is 477 g/mol. The maximum atomic E-state index is 14.0. The number of nitrogens with one attached hydrogen (secondary N) is 1. The zero-order valence-electron chi connectivity index (χ0n) is 20.2. The molecule has 10 heteroatoms. The van der Waals surface area contributed by atoms with Crippen LogP contribution in [0.1, 0.15) is 17.9 Å². The number of aromatic amines is 1. The van der Waals surface area contributed by atoms with Crippen LogP contribution >= 0.6 is 0 Å². The predicted octanol–water partition coefficient (Wildman–Crippen LogP) is 3.75. The van der Waals surface area contributed by atoms with E-state index in [0.29, 0.717) is 59.8 Å². The van der Waals surface area contributed by atoms with Gasteiger partial charge in [-0.15, -0.1) is 0 Å². The van der Waals surface area contributed by atoms with E-state index < -0.39 is 5.82 Å². The number of hydrogen-bond acceptors (Lipinski definition) is 6. The lowest BCUT2D eigenvalue weighted by Crippen LogP contribution is -2.26. The van der Waals surface area contributed by atoms with E-state index in [2.05, 4.69) is 10.2 Å². The Hall–Kier alpha value is -4.44. The number of H-pyrrole nitrogens is 1. The number of amides is 1. The molecule has 190 valence electrons. The van der Waals surface area contributed by atoms with Gasteiger partial charge in [0, 0.05) is 43.4 Å². The van der Waals surface area contributed by atoms with Crippen LogP contribution in [0.3, 0.4) is 0 Å². The van der Waals surface area contributed by atoms with Crippen LogP contribution in [-0.4, -0.2) is 52.4 Å². The molecule has 1 aliphatic heterocycles. The SMILES string of the molecule is COC/C=C/C(=O)N1CC[C@@H](c2c(N)n(-c3ccc(Oc4ccccc4F)cc3)c3cn[nH]c(=O)c23)C1. The van der Waals surface area contributed by atoms with Gasteiger partial charge in [-0.3, -0.25) is 14.2 Å². The van der Waals surface area contributed by atoms with Gasteiger partial charge in [-0.05, 0) is 42.8 Å². The van der Waals surface area contributed by atoms with Crippen molar-refractivity contribution in [1.82, 2.24) is 19.7 Å². The lowest BCUT2D eigenvalue weighted by atomic mass is 9.98. The van der Waals surface area contributed by atoms with Gasteiger partial charge in [-0.25, -0.2) is 9.49 Å². The molecule has 4 aromatic rings. The summed E-state index contributed by atoms with van der Waals surface area (Å²) in [7, 11) is 1.56. The van der Waals surface area contributed by atoms with E-state index in [1.54, 1.807) is 71.3 Å². The summed E-state index contributed by atoms with van der Waals surface area (Å²) in [6, 6.07) is 13.1. The van der Waals surface area contributed by atoms with Crippen LogP contribution in [0.15, 0.2) is 71.7 Å². The zero-order valence-corrected chi connectivity index (χ0v) is 20.2. The summed E-state index contributed by atoms with van der Waals surface area (Å²) >= 11 is 0. The van der Waals surface area contributed by atoms with Gasteiger partial charge in [0.25, 0.3) is 5.56 Å². The first kappa shape index (κ1) is 24.3. The quantitative estimate of drug-likeness (QED) is 0.371. The molecule has 9 nitrogen and oxygen atoms in total. The van der Waals surface area contributed by atoms with Crippen molar-refractivity contribution >= 4 is 22.6 Å². The fourth-order valence-electron chi connectivity index (χ4n) is 4.75. The summed E-state index contributed by atoms with van der Waals surface area (Å²) < 4.78 is 26.4. The van der Waals surface area contributed by atoms with E-state index >= 15 is 0 Å². The van der Waals surface area contributed by atoms with Gasteiger partial charge in [0.1, 0.15) is 11.6 Å². The zero-order chi connectivity index (χ0) is 25.9. The Kier molecular flexibility index (Phi) is 6.74. The largest absolute Gasteiger partial charge is 0.454 e. The molecule has 1 atom stereocenters. The minimum atomic E-state index is -0.458. The molecule has 0 spiro atoms. The van der Waals surface area contributed by atoms with Crippen LogP contribution in [0.25, 0.3) is 16.6 Å². The number of aromatic nitrogens is 3. The minimum absolute atomic E-state index is 0.108. The van der Waals surface area contributed by atoms with Gasteiger partial charge in [-0.2, -0.15) is 5.10 Å². The van der Waals surface area contributed by atoms with Crippen molar-refractivity contribution in [2.75, 3.05) is 32.5 Å². The summed E-state index contributed by atoms with van der Waals surface area (Å²) in [5, 5.41) is 6.94. The molecule has 1 aliphatic rings. The van der Waals surface area contributed by atoms with Crippen molar-refractivity contribution in [3.63, 3.8) is 0 Å². The normalized spacial score (nSPS) is 15.6.